The summed E-state index contributed by atoms with van der Waals surface area (Å²) in [6, 6.07) is 0. The number of nitrogens with two attached hydrogens (primary N) is 1. The molecule has 15 heavy (non-hydrogen) atoms. The van der Waals surface area contributed by atoms with Crippen molar-refractivity contribution >= 4 is 0 Å². The number of rotatable bonds is 2. The van der Waals surface area contributed by atoms with Crippen molar-refractivity contribution in [3.8, 4) is 0 Å². The molecule has 0 radical (unpaired) electrons. The first-order chi connectivity index (χ1) is 7.02. The van der Waals surface area contributed by atoms with Gasteiger partial charge in [0.1, 0.15) is 0 Å². The molecule has 1 atom stereocenters. The Bertz CT molecular complexity index is 356. The first kappa shape index (κ1) is 10.5. The van der Waals surface area contributed by atoms with Crippen LogP contribution in [0.2, 0.25) is 0 Å². The Morgan fingerprint density at radius 2 is 2.27 bits per heavy atom. The number of alkyl halides is 3. The third-order valence-electron chi connectivity index (χ3n) is 2.73. The van der Waals surface area contributed by atoms with Crippen LogP contribution in [0, 0.1) is 5.92 Å². The second-order valence-corrected chi connectivity index (χ2v) is 3.84. The highest BCUT2D eigenvalue weighted by Crippen LogP contribution is 2.35. The summed E-state index contributed by atoms with van der Waals surface area (Å²) >= 11 is 0. The van der Waals surface area contributed by atoms with Crippen LogP contribution in [-0.2, 0) is 19.1 Å². The van der Waals surface area contributed by atoms with Gasteiger partial charge in [0.05, 0.1) is 12.0 Å². The topological polar surface area (TPSA) is 43.8 Å². The number of halogens is 3. The lowest BCUT2D eigenvalue weighted by molar-refractivity contribution is -0.141. The molecule has 0 saturated heterocycles. The van der Waals surface area contributed by atoms with Crippen LogP contribution in [0.5, 0.6) is 0 Å². The van der Waals surface area contributed by atoms with E-state index in [0.717, 1.165) is 6.42 Å². The van der Waals surface area contributed by atoms with Gasteiger partial charge in [-0.15, -0.1) is 0 Å². The highest BCUT2D eigenvalue weighted by Gasteiger charge is 2.39. The largest absolute Gasteiger partial charge is 0.435 e. The van der Waals surface area contributed by atoms with Gasteiger partial charge in [-0.05, 0) is 25.3 Å². The van der Waals surface area contributed by atoms with Crippen LogP contribution < -0.4 is 5.73 Å². The maximum absolute atomic E-state index is 12.5. The standard InChI is InChI=1S/C9H12F3N3/c10-9(11,12)8-7-3-6(1-2-13)4-15(7)5-14-8/h5-6H,1-4,13H2. The highest BCUT2D eigenvalue weighted by atomic mass is 19.4. The Balaban J connectivity index is 2.21. The summed E-state index contributed by atoms with van der Waals surface area (Å²) in [5, 5.41) is 0. The second kappa shape index (κ2) is 3.52. The van der Waals surface area contributed by atoms with Gasteiger partial charge in [-0.2, -0.15) is 13.2 Å². The van der Waals surface area contributed by atoms with E-state index < -0.39 is 11.9 Å². The van der Waals surface area contributed by atoms with Crippen LogP contribution in [-0.4, -0.2) is 16.1 Å². The van der Waals surface area contributed by atoms with Gasteiger partial charge in [0, 0.05) is 6.54 Å². The molecule has 0 fully saturated rings. The molecule has 0 aliphatic carbocycles. The SMILES string of the molecule is NCCC1Cc2c(C(F)(F)F)ncn2C1. The maximum atomic E-state index is 12.5. The summed E-state index contributed by atoms with van der Waals surface area (Å²) in [6.45, 7) is 1.12. The van der Waals surface area contributed by atoms with Gasteiger partial charge in [-0.1, -0.05) is 0 Å². The van der Waals surface area contributed by atoms with Crippen molar-refractivity contribution in [2.24, 2.45) is 11.7 Å². The van der Waals surface area contributed by atoms with E-state index >= 15 is 0 Å². The lowest BCUT2D eigenvalue weighted by Gasteiger charge is -2.06. The van der Waals surface area contributed by atoms with Crippen LogP contribution in [0.15, 0.2) is 6.33 Å². The molecule has 2 rings (SSSR count). The minimum atomic E-state index is -4.34. The molecule has 84 valence electrons. The summed E-state index contributed by atoms with van der Waals surface area (Å²) < 4.78 is 39.1. The van der Waals surface area contributed by atoms with Crippen molar-refractivity contribution in [2.45, 2.75) is 25.6 Å². The lowest BCUT2D eigenvalue weighted by atomic mass is 10.0. The number of aromatic nitrogens is 2. The Morgan fingerprint density at radius 1 is 1.53 bits per heavy atom. The first-order valence-electron chi connectivity index (χ1n) is 4.83. The van der Waals surface area contributed by atoms with Crippen LogP contribution >= 0.6 is 0 Å². The van der Waals surface area contributed by atoms with Crippen LogP contribution in [0.1, 0.15) is 17.8 Å². The van der Waals surface area contributed by atoms with E-state index in [0.29, 0.717) is 25.2 Å². The Kier molecular flexibility index (Phi) is 2.46. The zero-order valence-corrected chi connectivity index (χ0v) is 8.09. The zero-order valence-electron chi connectivity index (χ0n) is 8.09. The molecule has 3 nitrogen and oxygen atoms in total. The molecule has 2 N–H and O–H groups in total. The molecular formula is C9H12F3N3. The predicted molar refractivity (Wildman–Crippen MR) is 48.1 cm³/mol. The summed E-state index contributed by atoms with van der Waals surface area (Å²) in [7, 11) is 0. The molecule has 1 aromatic heterocycles. The summed E-state index contributed by atoms with van der Waals surface area (Å²) in [5.41, 5.74) is 4.96. The van der Waals surface area contributed by atoms with Crippen molar-refractivity contribution in [2.75, 3.05) is 6.54 Å². The molecule has 1 aromatic rings. The maximum Gasteiger partial charge on any atom is 0.435 e. The Labute approximate surface area is 85.1 Å². The number of hydrogen-bond donors (Lipinski definition) is 1. The first-order valence-corrected chi connectivity index (χ1v) is 4.83. The van der Waals surface area contributed by atoms with Gasteiger partial charge in [0.25, 0.3) is 0 Å². The molecule has 0 saturated carbocycles. The molecule has 0 amide bonds. The smallest absolute Gasteiger partial charge is 0.334 e. The molecule has 0 aromatic carbocycles. The van der Waals surface area contributed by atoms with E-state index in [-0.39, 0.29) is 5.92 Å². The van der Waals surface area contributed by atoms with E-state index in [1.165, 1.54) is 6.33 Å². The van der Waals surface area contributed by atoms with Gasteiger partial charge in [0.15, 0.2) is 5.69 Å². The summed E-state index contributed by atoms with van der Waals surface area (Å²) in [6.07, 6.45) is -1.86. The predicted octanol–water partition coefficient (Wildman–Crippen LogP) is 1.42. The van der Waals surface area contributed by atoms with E-state index in [2.05, 4.69) is 4.98 Å². The molecule has 0 bridgehead atoms. The van der Waals surface area contributed by atoms with Gasteiger partial charge < -0.3 is 10.3 Å². The molecule has 2 heterocycles. The highest BCUT2D eigenvalue weighted by molar-refractivity contribution is 5.20. The third-order valence-corrected chi connectivity index (χ3v) is 2.73. The molecular weight excluding hydrogens is 207 g/mol. The van der Waals surface area contributed by atoms with Crippen molar-refractivity contribution in [1.29, 1.82) is 0 Å². The van der Waals surface area contributed by atoms with Crippen molar-refractivity contribution in [1.82, 2.24) is 9.55 Å². The van der Waals surface area contributed by atoms with Gasteiger partial charge in [0.2, 0.25) is 0 Å². The summed E-state index contributed by atoms with van der Waals surface area (Å²) in [4.78, 5) is 3.41. The molecule has 1 aliphatic rings. The number of imidazole rings is 1. The van der Waals surface area contributed by atoms with Crippen molar-refractivity contribution in [3.63, 3.8) is 0 Å². The quantitative estimate of drug-likeness (QED) is 0.817. The molecule has 6 heteroatoms. The average Bonchev–Trinajstić information content (AvgIpc) is 2.60. The average molecular weight is 219 g/mol. The van der Waals surface area contributed by atoms with Crippen molar-refractivity contribution in [3.05, 3.63) is 17.7 Å². The molecule has 0 spiro atoms. The van der Waals surface area contributed by atoms with E-state index in [1.54, 1.807) is 4.57 Å². The minimum absolute atomic E-state index is 0.231. The normalized spacial score (nSPS) is 20.7. The molecule has 1 unspecified atom stereocenters. The van der Waals surface area contributed by atoms with Crippen molar-refractivity contribution < 1.29 is 13.2 Å². The molecule has 1 aliphatic heterocycles. The zero-order chi connectivity index (χ0) is 11.1. The lowest BCUT2D eigenvalue weighted by Crippen LogP contribution is -2.11. The van der Waals surface area contributed by atoms with Crippen LogP contribution in [0.25, 0.3) is 0 Å². The van der Waals surface area contributed by atoms with Crippen LogP contribution in [0.4, 0.5) is 13.2 Å². The van der Waals surface area contributed by atoms with E-state index in [4.69, 9.17) is 5.73 Å². The van der Waals surface area contributed by atoms with Crippen LogP contribution in [0.3, 0.4) is 0 Å². The van der Waals surface area contributed by atoms with Gasteiger partial charge in [-0.3, -0.25) is 0 Å². The fourth-order valence-corrected chi connectivity index (χ4v) is 2.06. The number of fused-ring (bicyclic) bond motifs is 1. The summed E-state index contributed by atoms with van der Waals surface area (Å²) in [5.74, 6) is 0.231. The monoisotopic (exact) mass is 219 g/mol. The fraction of sp³-hybridized carbons (Fsp3) is 0.667. The second-order valence-electron chi connectivity index (χ2n) is 3.84. The van der Waals surface area contributed by atoms with E-state index in [1.807, 2.05) is 0 Å². The fourth-order valence-electron chi connectivity index (χ4n) is 2.06. The minimum Gasteiger partial charge on any atom is -0.334 e. The Hall–Kier alpha value is -1.04. The number of nitrogens with zero attached hydrogens (tertiary/aromatic N) is 2. The van der Waals surface area contributed by atoms with Gasteiger partial charge in [-0.25, -0.2) is 4.98 Å². The van der Waals surface area contributed by atoms with Gasteiger partial charge >= 0.3 is 6.18 Å². The number of hydrogen-bond acceptors (Lipinski definition) is 2. The Morgan fingerprint density at radius 3 is 2.87 bits per heavy atom. The van der Waals surface area contributed by atoms with E-state index in [9.17, 15) is 13.2 Å². The third kappa shape index (κ3) is 1.86.